The standard InChI is InChI=1S/C19H21ClN2/c1-2-21-12-5-13-22-18-7-4-3-6-15(18)8-9-16-10-11-17(20)14-19(16)22/h2-4,6-7,10-11,14H,5,8-9,12-13H2,1H3/b21-2-. The molecule has 3 heteroatoms. The van der Waals surface area contributed by atoms with Gasteiger partial charge in [0.15, 0.2) is 0 Å². The first-order chi connectivity index (χ1) is 10.8. The smallest absolute Gasteiger partial charge is 0.0458 e. The maximum Gasteiger partial charge on any atom is 0.0458 e. The number of aliphatic imine (C=N–C) groups is 1. The number of para-hydroxylation sites is 1. The summed E-state index contributed by atoms with van der Waals surface area (Å²) in [7, 11) is 0. The number of halogens is 1. The maximum atomic E-state index is 6.26. The van der Waals surface area contributed by atoms with E-state index in [-0.39, 0.29) is 0 Å². The summed E-state index contributed by atoms with van der Waals surface area (Å²) in [4.78, 5) is 6.74. The van der Waals surface area contributed by atoms with Gasteiger partial charge in [0.05, 0.1) is 0 Å². The van der Waals surface area contributed by atoms with Crippen molar-refractivity contribution in [1.82, 2.24) is 0 Å². The number of hydrogen-bond acceptors (Lipinski definition) is 2. The van der Waals surface area contributed by atoms with Gasteiger partial charge in [-0.1, -0.05) is 35.9 Å². The minimum atomic E-state index is 0.801. The number of benzene rings is 2. The molecule has 0 N–H and O–H groups in total. The zero-order chi connectivity index (χ0) is 15.4. The van der Waals surface area contributed by atoms with Crippen LogP contribution >= 0.6 is 11.6 Å². The summed E-state index contributed by atoms with van der Waals surface area (Å²) in [6.45, 7) is 3.79. The van der Waals surface area contributed by atoms with Crippen molar-refractivity contribution in [2.24, 2.45) is 4.99 Å². The number of aryl methyl sites for hydroxylation is 2. The van der Waals surface area contributed by atoms with E-state index >= 15 is 0 Å². The van der Waals surface area contributed by atoms with Crippen LogP contribution in [0.15, 0.2) is 47.5 Å². The Hall–Kier alpha value is -1.80. The lowest BCUT2D eigenvalue weighted by Crippen LogP contribution is -2.20. The summed E-state index contributed by atoms with van der Waals surface area (Å²) in [5.74, 6) is 0. The Morgan fingerprint density at radius 2 is 1.86 bits per heavy atom. The van der Waals surface area contributed by atoms with Gasteiger partial charge in [-0.05, 0) is 61.7 Å². The first-order valence-corrected chi connectivity index (χ1v) is 8.25. The molecule has 0 saturated carbocycles. The molecule has 0 unspecified atom stereocenters. The molecular weight excluding hydrogens is 292 g/mol. The number of rotatable bonds is 4. The highest BCUT2D eigenvalue weighted by atomic mass is 35.5. The van der Waals surface area contributed by atoms with Crippen LogP contribution in [0.5, 0.6) is 0 Å². The van der Waals surface area contributed by atoms with Crippen LogP contribution in [0.3, 0.4) is 0 Å². The van der Waals surface area contributed by atoms with Crippen molar-refractivity contribution in [2.45, 2.75) is 26.2 Å². The fraction of sp³-hybridized carbons (Fsp3) is 0.316. The molecule has 2 aromatic rings. The van der Waals surface area contributed by atoms with Crippen LogP contribution in [0.2, 0.25) is 5.02 Å². The predicted octanol–water partition coefficient (Wildman–Crippen LogP) is 5.06. The molecule has 0 atom stereocenters. The van der Waals surface area contributed by atoms with Crippen molar-refractivity contribution >= 4 is 29.2 Å². The van der Waals surface area contributed by atoms with E-state index in [0.29, 0.717) is 0 Å². The molecule has 0 bridgehead atoms. The summed E-state index contributed by atoms with van der Waals surface area (Å²) < 4.78 is 0. The lowest BCUT2D eigenvalue weighted by Gasteiger charge is -2.27. The topological polar surface area (TPSA) is 15.6 Å². The van der Waals surface area contributed by atoms with Gasteiger partial charge in [-0.2, -0.15) is 0 Å². The highest BCUT2D eigenvalue weighted by molar-refractivity contribution is 6.30. The summed E-state index contributed by atoms with van der Waals surface area (Å²) in [5, 5.41) is 0.801. The Labute approximate surface area is 137 Å². The molecule has 22 heavy (non-hydrogen) atoms. The van der Waals surface area contributed by atoms with E-state index in [1.54, 1.807) is 0 Å². The van der Waals surface area contributed by atoms with Crippen LogP contribution in [-0.2, 0) is 12.8 Å². The van der Waals surface area contributed by atoms with E-state index in [1.807, 2.05) is 19.2 Å². The average molecular weight is 313 g/mol. The lowest BCUT2D eigenvalue weighted by molar-refractivity contribution is 0.819. The van der Waals surface area contributed by atoms with E-state index in [9.17, 15) is 0 Å². The van der Waals surface area contributed by atoms with Gasteiger partial charge in [0, 0.05) is 29.5 Å². The molecule has 114 valence electrons. The first-order valence-electron chi connectivity index (χ1n) is 7.88. The Morgan fingerprint density at radius 1 is 1.09 bits per heavy atom. The van der Waals surface area contributed by atoms with Crippen molar-refractivity contribution in [2.75, 3.05) is 18.0 Å². The van der Waals surface area contributed by atoms with Crippen molar-refractivity contribution < 1.29 is 0 Å². The third-order valence-electron chi connectivity index (χ3n) is 4.14. The number of fused-ring (bicyclic) bond motifs is 2. The van der Waals surface area contributed by atoms with E-state index in [4.69, 9.17) is 11.6 Å². The highest BCUT2D eigenvalue weighted by Crippen LogP contribution is 2.37. The fourth-order valence-electron chi connectivity index (χ4n) is 3.07. The Morgan fingerprint density at radius 3 is 2.68 bits per heavy atom. The third-order valence-corrected chi connectivity index (χ3v) is 4.37. The van der Waals surface area contributed by atoms with Gasteiger partial charge in [0.2, 0.25) is 0 Å². The quantitative estimate of drug-likeness (QED) is 0.569. The molecular formula is C19H21ClN2. The molecule has 1 heterocycles. The second-order valence-corrected chi connectivity index (χ2v) is 6.01. The first kappa shape index (κ1) is 15.1. The molecule has 0 aromatic heterocycles. The highest BCUT2D eigenvalue weighted by Gasteiger charge is 2.20. The number of anilines is 2. The monoisotopic (exact) mass is 312 g/mol. The second-order valence-electron chi connectivity index (χ2n) is 5.57. The average Bonchev–Trinajstić information content (AvgIpc) is 2.69. The summed E-state index contributed by atoms with van der Waals surface area (Å²) in [6, 6.07) is 15.0. The third kappa shape index (κ3) is 3.17. The maximum absolute atomic E-state index is 6.26. The number of nitrogens with zero attached hydrogens (tertiary/aromatic N) is 2. The van der Waals surface area contributed by atoms with Gasteiger partial charge >= 0.3 is 0 Å². The van der Waals surface area contributed by atoms with E-state index in [1.165, 1.54) is 22.5 Å². The molecule has 3 rings (SSSR count). The molecule has 2 aromatic carbocycles. The lowest BCUT2D eigenvalue weighted by atomic mass is 10.0. The molecule has 0 spiro atoms. The van der Waals surface area contributed by atoms with Crippen LogP contribution in [-0.4, -0.2) is 19.3 Å². The predicted molar refractivity (Wildman–Crippen MR) is 96.0 cm³/mol. The van der Waals surface area contributed by atoms with Crippen molar-refractivity contribution in [3.05, 3.63) is 58.6 Å². The van der Waals surface area contributed by atoms with Crippen molar-refractivity contribution in [1.29, 1.82) is 0 Å². The minimum Gasteiger partial charge on any atom is -0.341 e. The fourth-order valence-corrected chi connectivity index (χ4v) is 3.24. The van der Waals surface area contributed by atoms with Crippen LogP contribution in [0.1, 0.15) is 24.5 Å². The molecule has 1 aliphatic rings. The van der Waals surface area contributed by atoms with Crippen molar-refractivity contribution in [3.8, 4) is 0 Å². The Balaban J connectivity index is 1.98. The molecule has 2 nitrogen and oxygen atoms in total. The van der Waals surface area contributed by atoms with Gasteiger partial charge in [0.25, 0.3) is 0 Å². The van der Waals surface area contributed by atoms with E-state index in [2.05, 4.69) is 46.3 Å². The molecule has 0 radical (unpaired) electrons. The zero-order valence-electron chi connectivity index (χ0n) is 12.9. The van der Waals surface area contributed by atoms with Gasteiger partial charge in [-0.15, -0.1) is 0 Å². The van der Waals surface area contributed by atoms with Gasteiger partial charge in [0.1, 0.15) is 0 Å². The van der Waals surface area contributed by atoms with E-state index < -0.39 is 0 Å². The molecule has 1 aliphatic heterocycles. The van der Waals surface area contributed by atoms with Crippen molar-refractivity contribution in [3.63, 3.8) is 0 Å². The normalized spacial score (nSPS) is 13.8. The molecule has 0 fully saturated rings. The summed E-state index contributed by atoms with van der Waals surface area (Å²) in [6.07, 6.45) is 5.05. The van der Waals surface area contributed by atoms with Crippen LogP contribution in [0.25, 0.3) is 0 Å². The van der Waals surface area contributed by atoms with Gasteiger partial charge < -0.3 is 4.90 Å². The van der Waals surface area contributed by atoms with Crippen LogP contribution in [0, 0.1) is 0 Å². The largest absolute Gasteiger partial charge is 0.341 e. The summed E-state index contributed by atoms with van der Waals surface area (Å²) in [5.41, 5.74) is 5.34. The molecule has 0 saturated heterocycles. The number of hydrogen-bond donors (Lipinski definition) is 0. The Bertz CT molecular complexity index is 679. The van der Waals surface area contributed by atoms with E-state index in [0.717, 1.165) is 37.4 Å². The molecule has 0 amide bonds. The minimum absolute atomic E-state index is 0.801. The molecule has 0 aliphatic carbocycles. The van der Waals surface area contributed by atoms with Gasteiger partial charge in [-0.3, -0.25) is 4.99 Å². The van der Waals surface area contributed by atoms with Crippen LogP contribution < -0.4 is 4.90 Å². The SMILES string of the molecule is C/C=N\CCCN1c2ccccc2CCc2ccc(Cl)cc21. The second kappa shape index (κ2) is 6.97. The van der Waals surface area contributed by atoms with Gasteiger partial charge in [-0.25, -0.2) is 0 Å². The summed E-state index contributed by atoms with van der Waals surface area (Å²) >= 11 is 6.26. The zero-order valence-corrected chi connectivity index (χ0v) is 13.7. The Kier molecular flexibility index (Phi) is 4.79. The van der Waals surface area contributed by atoms with Crippen LogP contribution in [0.4, 0.5) is 11.4 Å².